The van der Waals surface area contributed by atoms with E-state index in [1.807, 2.05) is 18.2 Å². The molecule has 1 amide bonds. The van der Waals surface area contributed by atoms with Crippen molar-refractivity contribution in [1.29, 1.82) is 0 Å². The van der Waals surface area contributed by atoms with Crippen LogP contribution in [0.3, 0.4) is 0 Å². The molecule has 10 heteroatoms. The number of benzene rings is 2. The zero-order valence-electron chi connectivity index (χ0n) is 15.9. The van der Waals surface area contributed by atoms with Gasteiger partial charge in [0.15, 0.2) is 0 Å². The molecule has 0 saturated carbocycles. The Balaban J connectivity index is 1.67. The van der Waals surface area contributed by atoms with Crippen molar-refractivity contribution in [1.82, 2.24) is 4.57 Å². The Kier molecular flexibility index (Phi) is 5.14. The summed E-state index contributed by atoms with van der Waals surface area (Å²) < 4.78 is 50.7. The van der Waals surface area contributed by atoms with Crippen molar-refractivity contribution < 1.29 is 27.1 Å². The fraction of sp³-hybridized carbons (Fsp3) is 0.143. The van der Waals surface area contributed by atoms with E-state index < -0.39 is 34.8 Å². The zero-order valence-corrected chi connectivity index (χ0v) is 16.7. The maximum atomic E-state index is 13.0. The third kappa shape index (κ3) is 3.96. The first kappa shape index (κ1) is 20.8. The molecule has 0 aliphatic carbocycles. The Hall–Kier alpha value is -3.46. The summed E-state index contributed by atoms with van der Waals surface area (Å²) in [6.45, 7) is -0.677. The van der Waals surface area contributed by atoms with Crippen LogP contribution in [0.15, 0.2) is 57.9 Å². The molecule has 2 aromatic heterocycles. The van der Waals surface area contributed by atoms with Gasteiger partial charge in [0.2, 0.25) is 5.91 Å². The summed E-state index contributed by atoms with van der Waals surface area (Å²) in [4.78, 5) is 24.6. The van der Waals surface area contributed by atoms with E-state index in [2.05, 4.69) is 5.32 Å². The van der Waals surface area contributed by atoms with Gasteiger partial charge in [-0.25, -0.2) is 0 Å². The van der Waals surface area contributed by atoms with Gasteiger partial charge in [-0.05, 0) is 18.2 Å². The van der Waals surface area contributed by atoms with E-state index in [1.165, 1.54) is 7.11 Å². The fourth-order valence-electron chi connectivity index (χ4n) is 3.23. The number of alkyl halides is 3. The summed E-state index contributed by atoms with van der Waals surface area (Å²) in [7, 11) is 1.41. The Morgan fingerprint density at radius 1 is 1.16 bits per heavy atom. The number of ether oxygens (including phenoxy) is 1. The standard InChI is InChI=1S/C21H14ClF3N2O4/c1-30-18-7-13-12-4-2-3-5-16(12)31-17(13)8-15(18)26-19(28)10-27-9-11(21(23,24)25)6-14(22)20(27)29/h2-9H,10H2,1H3,(H,26,28). The van der Waals surface area contributed by atoms with Gasteiger partial charge in [-0.3, -0.25) is 9.59 Å². The predicted octanol–water partition coefficient (Wildman–Crippen LogP) is 5.07. The lowest BCUT2D eigenvalue weighted by atomic mass is 10.1. The Labute approximate surface area is 177 Å². The number of pyridine rings is 1. The van der Waals surface area contributed by atoms with Crippen LogP contribution in [0.25, 0.3) is 21.9 Å². The van der Waals surface area contributed by atoms with Crippen LogP contribution in [-0.2, 0) is 17.5 Å². The number of rotatable bonds is 4. The Morgan fingerprint density at radius 3 is 2.61 bits per heavy atom. The molecule has 1 N–H and O–H groups in total. The number of carbonyl (C=O) groups excluding carboxylic acids is 1. The van der Waals surface area contributed by atoms with Crippen LogP contribution in [-0.4, -0.2) is 17.6 Å². The second-order valence-electron chi connectivity index (χ2n) is 6.70. The van der Waals surface area contributed by atoms with Gasteiger partial charge < -0.3 is 19.0 Å². The van der Waals surface area contributed by atoms with Gasteiger partial charge in [0.25, 0.3) is 5.56 Å². The Bertz CT molecular complexity index is 1380. The summed E-state index contributed by atoms with van der Waals surface area (Å²) >= 11 is 5.62. The van der Waals surface area contributed by atoms with E-state index in [0.717, 1.165) is 10.8 Å². The van der Waals surface area contributed by atoms with Gasteiger partial charge >= 0.3 is 6.18 Å². The van der Waals surface area contributed by atoms with Gasteiger partial charge in [-0.2, -0.15) is 13.2 Å². The number of para-hydroxylation sites is 1. The number of halogens is 4. The number of hydrogen-bond donors (Lipinski definition) is 1. The first-order valence-corrected chi connectivity index (χ1v) is 9.31. The number of fused-ring (bicyclic) bond motifs is 3. The first-order chi connectivity index (χ1) is 14.7. The highest BCUT2D eigenvalue weighted by Gasteiger charge is 2.32. The smallest absolute Gasteiger partial charge is 0.417 e. The van der Waals surface area contributed by atoms with Crippen molar-refractivity contribution in [3.8, 4) is 5.75 Å². The Morgan fingerprint density at radius 2 is 1.90 bits per heavy atom. The second-order valence-corrected chi connectivity index (χ2v) is 7.11. The van der Waals surface area contributed by atoms with E-state index in [1.54, 1.807) is 18.2 Å². The molecule has 0 saturated heterocycles. The van der Waals surface area contributed by atoms with Gasteiger partial charge in [0, 0.05) is 23.0 Å². The molecule has 2 aromatic carbocycles. The minimum absolute atomic E-state index is 0.241. The molecule has 0 atom stereocenters. The van der Waals surface area contributed by atoms with Crippen molar-refractivity contribution in [3.05, 3.63) is 69.6 Å². The molecule has 0 unspecified atom stereocenters. The van der Waals surface area contributed by atoms with Gasteiger partial charge in [0.05, 0.1) is 18.4 Å². The van der Waals surface area contributed by atoms with E-state index >= 15 is 0 Å². The highest BCUT2D eigenvalue weighted by Crippen LogP contribution is 2.36. The maximum Gasteiger partial charge on any atom is 0.417 e. The normalized spacial score (nSPS) is 11.8. The van der Waals surface area contributed by atoms with E-state index in [9.17, 15) is 22.8 Å². The molecule has 0 bridgehead atoms. The number of nitrogens with zero attached hydrogens (tertiary/aromatic N) is 1. The minimum atomic E-state index is -4.72. The summed E-state index contributed by atoms with van der Waals surface area (Å²) in [6, 6.07) is 11.1. The molecule has 6 nitrogen and oxygen atoms in total. The summed E-state index contributed by atoms with van der Waals surface area (Å²) in [5.41, 5.74) is -0.675. The molecule has 2 heterocycles. The number of furan rings is 1. The molecule has 0 aliphatic rings. The highest BCUT2D eigenvalue weighted by atomic mass is 35.5. The van der Waals surface area contributed by atoms with Crippen LogP contribution in [0.2, 0.25) is 5.02 Å². The zero-order chi connectivity index (χ0) is 22.3. The van der Waals surface area contributed by atoms with Crippen molar-refractivity contribution in [2.24, 2.45) is 0 Å². The number of aromatic nitrogens is 1. The third-order valence-corrected chi connectivity index (χ3v) is 4.93. The number of anilines is 1. The van der Waals surface area contributed by atoms with Crippen molar-refractivity contribution in [2.45, 2.75) is 12.7 Å². The number of methoxy groups -OCH3 is 1. The lowest BCUT2D eigenvalue weighted by Crippen LogP contribution is -2.29. The predicted molar refractivity (Wildman–Crippen MR) is 110 cm³/mol. The molecule has 4 aromatic rings. The van der Waals surface area contributed by atoms with Crippen molar-refractivity contribution >= 4 is 45.1 Å². The molecule has 160 valence electrons. The first-order valence-electron chi connectivity index (χ1n) is 8.93. The van der Waals surface area contributed by atoms with Crippen LogP contribution in [0.5, 0.6) is 5.75 Å². The fourth-order valence-corrected chi connectivity index (χ4v) is 3.46. The largest absolute Gasteiger partial charge is 0.495 e. The number of amides is 1. The number of hydrogen-bond acceptors (Lipinski definition) is 4. The van der Waals surface area contributed by atoms with Crippen LogP contribution >= 0.6 is 11.6 Å². The molecule has 0 fully saturated rings. The molecular weight excluding hydrogens is 437 g/mol. The summed E-state index contributed by atoms with van der Waals surface area (Å²) in [6.07, 6.45) is -4.17. The molecule has 0 spiro atoms. The van der Waals surface area contributed by atoms with E-state index in [0.29, 0.717) is 33.7 Å². The monoisotopic (exact) mass is 450 g/mol. The van der Waals surface area contributed by atoms with Gasteiger partial charge in [-0.1, -0.05) is 29.8 Å². The van der Waals surface area contributed by atoms with E-state index in [4.69, 9.17) is 20.8 Å². The summed E-state index contributed by atoms with van der Waals surface area (Å²) in [5.74, 6) is -0.423. The van der Waals surface area contributed by atoms with Crippen LogP contribution in [0.1, 0.15) is 5.56 Å². The second kappa shape index (κ2) is 7.66. The molecule has 31 heavy (non-hydrogen) atoms. The topological polar surface area (TPSA) is 73.5 Å². The molecular formula is C21H14ClF3N2O4. The maximum absolute atomic E-state index is 13.0. The lowest BCUT2D eigenvalue weighted by molar-refractivity contribution is -0.138. The molecule has 4 rings (SSSR count). The summed E-state index contributed by atoms with van der Waals surface area (Å²) in [5, 5.41) is 3.54. The van der Waals surface area contributed by atoms with Crippen LogP contribution < -0.4 is 15.6 Å². The van der Waals surface area contributed by atoms with Crippen LogP contribution in [0, 0.1) is 0 Å². The number of carbonyl (C=O) groups is 1. The quantitative estimate of drug-likeness (QED) is 0.471. The number of nitrogens with one attached hydrogen (secondary N) is 1. The molecule has 0 radical (unpaired) electrons. The third-order valence-electron chi connectivity index (χ3n) is 4.66. The molecule has 0 aliphatic heterocycles. The van der Waals surface area contributed by atoms with Crippen molar-refractivity contribution in [3.63, 3.8) is 0 Å². The van der Waals surface area contributed by atoms with Gasteiger partial charge in [-0.15, -0.1) is 0 Å². The SMILES string of the molecule is COc1cc2c(cc1NC(=O)Cn1cc(C(F)(F)F)cc(Cl)c1=O)oc1ccccc12. The average Bonchev–Trinajstić information content (AvgIpc) is 3.07. The van der Waals surface area contributed by atoms with E-state index in [-0.39, 0.29) is 5.69 Å². The van der Waals surface area contributed by atoms with Crippen LogP contribution in [0.4, 0.5) is 18.9 Å². The average molecular weight is 451 g/mol. The van der Waals surface area contributed by atoms with Gasteiger partial charge in [0.1, 0.15) is 28.5 Å². The lowest BCUT2D eigenvalue weighted by Gasteiger charge is -2.13. The highest BCUT2D eigenvalue weighted by molar-refractivity contribution is 6.30. The van der Waals surface area contributed by atoms with Crippen molar-refractivity contribution in [2.75, 3.05) is 12.4 Å². The minimum Gasteiger partial charge on any atom is -0.495 e.